The van der Waals surface area contributed by atoms with E-state index in [4.69, 9.17) is 69.3 Å². The fraction of sp³-hybridized carbons (Fsp3) is 0.250. The van der Waals surface area contributed by atoms with Gasteiger partial charge in [0.1, 0.15) is 0 Å². The van der Waals surface area contributed by atoms with E-state index in [2.05, 4.69) is 0 Å². The summed E-state index contributed by atoms with van der Waals surface area (Å²) in [6.45, 7) is 7.69. The van der Waals surface area contributed by atoms with Gasteiger partial charge in [-0.3, -0.25) is 0 Å². The van der Waals surface area contributed by atoms with E-state index in [1.165, 1.54) is 0 Å². The van der Waals surface area contributed by atoms with E-state index in [0.29, 0.717) is 20.1 Å². The molecule has 4 rings (SSSR count). The lowest BCUT2D eigenvalue weighted by Crippen LogP contribution is -2.57. The zero-order valence-electron chi connectivity index (χ0n) is 23.1. The van der Waals surface area contributed by atoms with Crippen LogP contribution in [0.4, 0.5) is 0 Å². The second kappa shape index (κ2) is 12.4. The molecule has 4 nitrogen and oxygen atoms in total. The van der Waals surface area contributed by atoms with Gasteiger partial charge in [-0.05, 0) is 98.5 Å². The van der Waals surface area contributed by atoms with E-state index in [1.54, 1.807) is 0 Å². The van der Waals surface area contributed by atoms with Crippen LogP contribution in [0.15, 0.2) is 97.1 Å². The number of halogens is 4. The molecule has 4 atom stereocenters. The van der Waals surface area contributed by atoms with Crippen molar-refractivity contribution >= 4 is 46.4 Å². The molecule has 8 heteroatoms. The molecule has 0 heterocycles. The average molecular weight is 618 g/mol. The highest BCUT2D eigenvalue weighted by atomic mass is 35.5. The van der Waals surface area contributed by atoms with E-state index in [0.717, 1.165) is 22.3 Å². The monoisotopic (exact) mass is 616 g/mol. The van der Waals surface area contributed by atoms with Gasteiger partial charge in [-0.15, -0.1) is 0 Å². The maximum absolute atomic E-state index is 6.53. The van der Waals surface area contributed by atoms with Gasteiger partial charge in [0.2, 0.25) is 0 Å². The Morgan fingerprint density at radius 2 is 0.450 bits per heavy atom. The summed E-state index contributed by atoms with van der Waals surface area (Å²) in [5, 5.41) is 2.70. The van der Waals surface area contributed by atoms with Gasteiger partial charge in [-0.1, -0.05) is 94.9 Å². The number of hydrogen-bond acceptors (Lipinski definition) is 4. The number of hydrogen-bond donors (Lipinski definition) is 4. The molecule has 0 saturated carbocycles. The first-order chi connectivity index (χ1) is 18.5. The van der Waals surface area contributed by atoms with Crippen molar-refractivity contribution in [1.82, 2.24) is 0 Å². The third kappa shape index (κ3) is 6.84. The molecule has 0 radical (unpaired) electrons. The summed E-state index contributed by atoms with van der Waals surface area (Å²) >= 11 is 23.7. The number of rotatable bonds is 6. The normalized spacial score (nSPS) is 17.3. The highest BCUT2D eigenvalue weighted by Gasteiger charge is 2.42. The van der Waals surface area contributed by atoms with Crippen molar-refractivity contribution in [3.63, 3.8) is 0 Å². The van der Waals surface area contributed by atoms with Crippen LogP contribution in [0.1, 0.15) is 49.9 Å². The first-order valence-corrected chi connectivity index (χ1v) is 14.2. The summed E-state index contributed by atoms with van der Waals surface area (Å²) < 4.78 is 0. The topological polar surface area (TPSA) is 104 Å². The Hall–Kier alpha value is -2.12. The first-order valence-electron chi connectivity index (χ1n) is 12.7. The van der Waals surface area contributed by atoms with Gasteiger partial charge >= 0.3 is 0 Å². The largest absolute Gasteiger partial charge is 0.320 e. The van der Waals surface area contributed by atoms with Crippen LogP contribution in [0, 0.1) is 0 Å². The zero-order valence-corrected chi connectivity index (χ0v) is 26.1. The van der Waals surface area contributed by atoms with Gasteiger partial charge < -0.3 is 22.9 Å². The fourth-order valence-corrected chi connectivity index (χ4v) is 4.89. The summed E-state index contributed by atoms with van der Waals surface area (Å²) in [4.78, 5) is 0. The molecule has 0 aliphatic carbocycles. The molecule has 0 aromatic heterocycles. The summed E-state index contributed by atoms with van der Waals surface area (Å²) in [5.41, 5.74) is 26.9. The van der Waals surface area contributed by atoms with Crippen molar-refractivity contribution in [2.45, 2.75) is 49.9 Å². The lowest BCUT2D eigenvalue weighted by molar-refractivity contribution is 0.268. The number of nitrogens with two attached hydrogens (primary N) is 4. The Labute approximate surface area is 257 Å². The van der Waals surface area contributed by atoms with Gasteiger partial charge in [-0.25, -0.2) is 0 Å². The molecule has 0 bridgehead atoms. The molecule has 4 aromatic carbocycles. The van der Waals surface area contributed by atoms with E-state index >= 15 is 0 Å². The second-order valence-corrected chi connectivity index (χ2v) is 12.6. The lowest BCUT2D eigenvalue weighted by Gasteiger charge is -2.42. The van der Waals surface area contributed by atoms with Gasteiger partial charge in [0.15, 0.2) is 0 Å². The van der Waals surface area contributed by atoms with Crippen molar-refractivity contribution in [1.29, 1.82) is 0 Å². The molecule has 0 spiro atoms. The Morgan fingerprint density at radius 3 is 0.575 bits per heavy atom. The van der Waals surface area contributed by atoms with Gasteiger partial charge in [0.05, 0.1) is 22.2 Å². The third-order valence-electron chi connectivity index (χ3n) is 7.93. The summed E-state index contributed by atoms with van der Waals surface area (Å²) in [7, 11) is 0. The minimum Gasteiger partial charge on any atom is -0.320 e. The lowest BCUT2D eigenvalue weighted by atomic mass is 9.72. The molecule has 0 aliphatic heterocycles. The first kappa shape index (κ1) is 32.4. The van der Waals surface area contributed by atoms with Crippen LogP contribution in [0.5, 0.6) is 0 Å². The van der Waals surface area contributed by atoms with Crippen molar-refractivity contribution in [2.24, 2.45) is 22.9 Å². The Morgan fingerprint density at radius 1 is 0.325 bits per heavy atom. The predicted molar refractivity (Wildman–Crippen MR) is 172 cm³/mol. The summed E-state index contributed by atoms with van der Waals surface area (Å²) in [5.74, 6) is 0. The molecular formula is C32H36Cl4N4. The highest BCUT2D eigenvalue weighted by Crippen LogP contribution is 2.38. The van der Waals surface area contributed by atoms with E-state index < -0.39 is 22.2 Å². The van der Waals surface area contributed by atoms with Crippen molar-refractivity contribution in [3.8, 4) is 0 Å². The molecule has 0 saturated heterocycles. The van der Waals surface area contributed by atoms with Crippen LogP contribution in [0.3, 0.4) is 0 Å². The van der Waals surface area contributed by atoms with Crippen LogP contribution < -0.4 is 22.9 Å². The Bertz CT molecular complexity index is 1170. The van der Waals surface area contributed by atoms with E-state index in [-0.39, 0.29) is 0 Å². The summed E-state index contributed by atoms with van der Waals surface area (Å²) in [6, 6.07) is 29.8. The van der Waals surface area contributed by atoms with Crippen molar-refractivity contribution in [3.05, 3.63) is 139 Å². The molecule has 0 aliphatic rings. The maximum atomic E-state index is 6.53. The SMILES string of the molecule is C[C@@](N)(c1ccc(Cl)cc1)[C@](C)(N)c1ccc(Cl)cc1.C[C@](N)(c1ccc(Cl)cc1)[C@@](C)(N)c1ccc(Cl)cc1. The number of benzene rings is 4. The molecule has 8 N–H and O–H groups in total. The van der Waals surface area contributed by atoms with Crippen molar-refractivity contribution < 1.29 is 0 Å². The fourth-order valence-electron chi connectivity index (χ4n) is 4.38. The molecular weight excluding hydrogens is 582 g/mol. The standard InChI is InChI=1S/2C16H18Cl2N2/c2*1-15(19,11-3-7-13(17)8-4-11)16(2,20)12-5-9-14(18)10-6-12/h2*3-10H,19-20H2,1-2H3/t2*15-,16-/m10/s1. The maximum Gasteiger partial charge on any atom is 0.0603 e. The molecule has 0 fully saturated rings. The van der Waals surface area contributed by atoms with Gasteiger partial charge in [0, 0.05) is 20.1 Å². The van der Waals surface area contributed by atoms with Gasteiger partial charge in [0.25, 0.3) is 0 Å². The molecule has 4 aromatic rings. The van der Waals surface area contributed by atoms with Crippen LogP contribution >= 0.6 is 46.4 Å². The average Bonchev–Trinajstić information content (AvgIpc) is 2.90. The Kier molecular flexibility index (Phi) is 10.0. The van der Waals surface area contributed by atoms with Gasteiger partial charge in [-0.2, -0.15) is 0 Å². The minimum absolute atomic E-state index is 0.676. The van der Waals surface area contributed by atoms with Crippen LogP contribution in [0.25, 0.3) is 0 Å². The van der Waals surface area contributed by atoms with E-state index in [9.17, 15) is 0 Å². The molecule has 0 amide bonds. The molecule has 212 valence electrons. The third-order valence-corrected chi connectivity index (χ3v) is 8.94. The van der Waals surface area contributed by atoms with Crippen LogP contribution in [-0.4, -0.2) is 0 Å². The van der Waals surface area contributed by atoms with E-state index in [1.807, 2.05) is 125 Å². The smallest absolute Gasteiger partial charge is 0.0603 e. The zero-order chi connectivity index (χ0) is 29.9. The summed E-state index contributed by atoms with van der Waals surface area (Å²) in [6.07, 6.45) is 0. The predicted octanol–water partition coefficient (Wildman–Crippen LogP) is 8.08. The minimum atomic E-state index is -0.745. The second-order valence-electron chi connectivity index (χ2n) is 10.8. The van der Waals surface area contributed by atoms with Crippen molar-refractivity contribution in [2.75, 3.05) is 0 Å². The quantitative estimate of drug-likeness (QED) is 0.175. The highest BCUT2D eigenvalue weighted by molar-refractivity contribution is 6.31. The molecule has 40 heavy (non-hydrogen) atoms. The van der Waals surface area contributed by atoms with Crippen LogP contribution in [-0.2, 0) is 22.2 Å². The Balaban J connectivity index is 0.000000220. The van der Waals surface area contributed by atoms with Crippen LogP contribution in [0.2, 0.25) is 20.1 Å². The molecule has 0 unspecified atom stereocenters.